The second kappa shape index (κ2) is 5.85. The van der Waals surface area contributed by atoms with Crippen molar-refractivity contribution in [2.45, 2.75) is 31.8 Å². The van der Waals surface area contributed by atoms with E-state index in [-0.39, 0.29) is 6.10 Å². The number of hydrogen-bond acceptors (Lipinski definition) is 4. The van der Waals surface area contributed by atoms with Crippen molar-refractivity contribution in [1.82, 2.24) is 10.2 Å². The van der Waals surface area contributed by atoms with Gasteiger partial charge < -0.3 is 15.2 Å². The molecule has 2 aromatic rings. The maximum atomic E-state index is 6.17. The van der Waals surface area contributed by atoms with E-state index >= 15 is 0 Å². The second-order valence-electron chi connectivity index (χ2n) is 5.22. The fourth-order valence-electron chi connectivity index (χ4n) is 2.69. The third kappa shape index (κ3) is 2.93. The number of halogens is 1. The number of benzene rings is 1. The SMILES string of the molecule is COc1cc(Cl)cc(-c2cc(N)n[nH]2)c1OC1CCCC1. The third-order valence-corrected chi connectivity index (χ3v) is 3.93. The van der Waals surface area contributed by atoms with Gasteiger partial charge >= 0.3 is 0 Å². The summed E-state index contributed by atoms with van der Waals surface area (Å²) in [5, 5.41) is 7.44. The van der Waals surface area contributed by atoms with Crippen LogP contribution in [0.1, 0.15) is 25.7 Å². The number of nitrogens with one attached hydrogen (secondary N) is 1. The summed E-state index contributed by atoms with van der Waals surface area (Å²) < 4.78 is 11.6. The summed E-state index contributed by atoms with van der Waals surface area (Å²) in [6.45, 7) is 0. The number of nitrogens with two attached hydrogens (primary N) is 1. The molecular weight excluding hydrogens is 290 g/mol. The molecule has 1 aromatic carbocycles. The average molecular weight is 308 g/mol. The van der Waals surface area contributed by atoms with Crippen molar-refractivity contribution in [2.24, 2.45) is 0 Å². The predicted octanol–water partition coefficient (Wildman–Crippen LogP) is 3.64. The molecule has 0 saturated heterocycles. The van der Waals surface area contributed by atoms with Crippen LogP contribution in [0.25, 0.3) is 11.3 Å². The zero-order valence-electron chi connectivity index (χ0n) is 11.9. The molecule has 0 radical (unpaired) electrons. The average Bonchev–Trinajstić information content (AvgIpc) is 3.11. The maximum Gasteiger partial charge on any atom is 0.171 e. The number of ether oxygens (including phenoxy) is 2. The quantitative estimate of drug-likeness (QED) is 0.904. The van der Waals surface area contributed by atoms with Crippen LogP contribution in [0.2, 0.25) is 5.02 Å². The van der Waals surface area contributed by atoms with Crippen LogP contribution in [0.3, 0.4) is 0 Å². The van der Waals surface area contributed by atoms with Gasteiger partial charge in [0.1, 0.15) is 5.82 Å². The highest BCUT2D eigenvalue weighted by Crippen LogP contribution is 2.42. The number of aromatic amines is 1. The normalized spacial score (nSPS) is 15.3. The van der Waals surface area contributed by atoms with Crippen LogP contribution in [-0.2, 0) is 0 Å². The zero-order chi connectivity index (χ0) is 14.8. The molecule has 1 fully saturated rings. The lowest BCUT2D eigenvalue weighted by Gasteiger charge is -2.19. The molecule has 3 N–H and O–H groups in total. The molecule has 1 aliphatic rings. The number of H-pyrrole nitrogens is 1. The number of aromatic nitrogens is 2. The summed E-state index contributed by atoms with van der Waals surface area (Å²) in [5.41, 5.74) is 7.27. The Hall–Kier alpha value is -1.88. The molecule has 0 spiro atoms. The first kappa shape index (κ1) is 14.1. The molecule has 112 valence electrons. The molecule has 1 heterocycles. The van der Waals surface area contributed by atoms with E-state index in [4.69, 9.17) is 26.8 Å². The fraction of sp³-hybridized carbons (Fsp3) is 0.400. The minimum Gasteiger partial charge on any atom is -0.493 e. The van der Waals surface area contributed by atoms with Gasteiger partial charge in [0, 0.05) is 22.7 Å². The molecule has 21 heavy (non-hydrogen) atoms. The zero-order valence-corrected chi connectivity index (χ0v) is 12.6. The number of anilines is 1. The van der Waals surface area contributed by atoms with E-state index < -0.39 is 0 Å². The Kier molecular flexibility index (Phi) is 3.92. The molecule has 0 unspecified atom stereocenters. The summed E-state index contributed by atoms with van der Waals surface area (Å²) in [7, 11) is 1.61. The Morgan fingerprint density at radius 3 is 2.67 bits per heavy atom. The van der Waals surface area contributed by atoms with Crippen molar-refractivity contribution in [3.05, 3.63) is 23.2 Å². The van der Waals surface area contributed by atoms with Crippen molar-refractivity contribution >= 4 is 17.4 Å². The standard InChI is InChI=1S/C15H18ClN3O2/c1-20-13-7-9(16)6-11(12-8-14(17)19-18-12)15(13)21-10-4-2-3-5-10/h6-8,10H,2-5H2,1H3,(H3,17,18,19). The minimum absolute atomic E-state index is 0.221. The molecule has 1 aromatic heterocycles. The van der Waals surface area contributed by atoms with Gasteiger partial charge in [-0.25, -0.2) is 0 Å². The van der Waals surface area contributed by atoms with Gasteiger partial charge in [-0.3, -0.25) is 5.10 Å². The van der Waals surface area contributed by atoms with E-state index in [9.17, 15) is 0 Å². The minimum atomic E-state index is 0.221. The second-order valence-corrected chi connectivity index (χ2v) is 5.65. The lowest BCUT2D eigenvalue weighted by atomic mass is 10.1. The number of methoxy groups -OCH3 is 1. The molecular formula is C15H18ClN3O2. The predicted molar refractivity (Wildman–Crippen MR) is 82.9 cm³/mol. The van der Waals surface area contributed by atoms with Crippen LogP contribution < -0.4 is 15.2 Å². The topological polar surface area (TPSA) is 73.2 Å². The van der Waals surface area contributed by atoms with Gasteiger partial charge in [-0.2, -0.15) is 5.10 Å². The van der Waals surface area contributed by atoms with Crippen LogP contribution in [0.5, 0.6) is 11.5 Å². The van der Waals surface area contributed by atoms with Crippen molar-refractivity contribution in [2.75, 3.05) is 12.8 Å². The smallest absolute Gasteiger partial charge is 0.171 e. The Morgan fingerprint density at radius 2 is 2.05 bits per heavy atom. The van der Waals surface area contributed by atoms with E-state index in [1.807, 2.05) is 6.07 Å². The van der Waals surface area contributed by atoms with E-state index in [1.54, 1.807) is 19.2 Å². The first-order valence-electron chi connectivity index (χ1n) is 7.03. The lowest BCUT2D eigenvalue weighted by Crippen LogP contribution is -2.12. The largest absolute Gasteiger partial charge is 0.493 e. The van der Waals surface area contributed by atoms with Gasteiger partial charge in [0.05, 0.1) is 18.9 Å². The maximum absolute atomic E-state index is 6.17. The third-order valence-electron chi connectivity index (χ3n) is 3.71. The van der Waals surface area contributed by atoms with Crippen LogP contribution in [0, 0.1) is 0 Å². The van der Waals surface area contributed by atoms with Crippen LogP contribution in [0.15, 0.2) is 18.2 Å². The van der Waals surface area contributed by atoms with Crippen molar-refractivity contribution in [3.8, 4) is 22.8 Å². The first-order valence-corrected chi connectivity index (χ1v) is 7.40. The van der Waals surface area contributed by atoms with Gasteiger partial charge in [0.2, 0.25) is 0 Å². The Labute approximate surface area is 128 Å². The number of rotatable bonds is 4. The van der Waals surface area contributed by atoms with Crippen LogP contribution in [-0.4, -0.2) is 23.4 Å². The summed E-state index contributed by atoms with van der Waals surface area (Å²) >= 11 is 6.17. The highest BCUT2D eigenvalue weighted by atomic mass is 35.5. The van der Waals surface area contributed by atoms with Crippen molar-refractivity contribution < 1.29 is 9.47 Å². The molecule has 1 saturated carbocycles. The van der Waals surface area contributed by atoms with Gasteiger partial charge in [-0.15, -0.1) is 0 Å². The van der Waals surface area contributed by atoms with Gasteiger partial charge in [0.15, 0.2) is 11.5 Å². The summed E-state index contributed by atoms with van der Waals surface area (Å²) in [5.74, 6) is 1.74. The molecule has 3 rings (SSSR count). The Balaban J connectivity index is 2.05. The molecule has 6 heteroatoms. The molecule has 1 aliphatic carbocycles. The summed E-state index contributed by atoms with van der Waals surface area (Å²) in [6.07, 6.45) is 4.76. The molecule has 0 atom stereocenters. The molecule has 0 amide bonds. The number of hydrogen-bond donors (Lipinski definition) is 2. The lowest BCUT2D eigenvalue weighted by molar-refractivity contribution is 0.202. The highest BCUT2D eigenvalue weighted by Gasteiger charge is 2.22. The monoisotopic (exact) mass is 307 g/mol. The first-order chi connectivity index (χ1) is 10.2. The molecule has 0 aliphatic heterocycles. The highest BCUT2D eigenvalue weighted by molar-refractivity contribution is 6.31. The summed E-state index contributed by atoms with van der Waals surface area (Å²) in [4.78, 5) is 0. The van der Waals surface area contributed by atoms with E-state index in [1.165, 1.54) is 12.8 Å². The van der Waals surface area contributed by atoms with Crippen molar-refractivity contribution in [3.63, 3.8) is 0 Å². The van der Waals surface area contributed by atoms with Crippen LogP contribution >= 0.6 is 11.6 Å². The Bertz CT molecular complexity index is 636. The van der Waals surface area contributed by atoms with Crippen LogP contribution in [0.4, 0.5) is 5.82 Å². The summed E-state index contributed by atoms with van der Waals surface area (Å²) in [6, 6.07) is 5.35. The van der Waals surface area contributed by atoms with E-state index in [0.29, 0.717) is 22.3 Å². The van der Waals surface area contributed by atoms with E-state index in [2.05, 4.69) is 10.2 Å². The number of nitrogens with zero attached hydrogens (tertiary/aromatic N) is 1. The van der Waals surface area contributed by atoms with E-state index in [0.717, 1.165) is 24.1 Å². The van der Waals surface area contributed by atoms with Gasteiger partial charge in [0.25, 0.3) is 0 Å². The molecule has 0 bridgehead atoms. The fourth-order valence-corrected chi connectivity index (χ4v) is 2.90. The van der Waals surface area contributed by atoms with Gasteiger partial charge in [-0.1, -0.05) is 11.6 Å². The molecule has 5 nitrogen and oxygen atoms in total. The van der Waals surface area contributed by atoms with Crippen molar-refractivity contribution in [1.29, 1.82) is 0 Å². The Morgan fingerprint density at radius 1 is 1.29 bits per heavy atom. The van der Waals surface area contributed by atoms with Gasteiger partial charge in [-0.05, 0) is 31.7 Å². The number of nitrogen functional groups attached to an aromatic ring is 1.